The first-order valence-corrected chi connectivity index (χ1v) is 5.98. The minimum Gasteiger partial charge on any atom is -0.387 e. The largest absolute Gasteiger partial charge is 0.387 e. The lowest BCUT2D eigenvalue weighted by Crippen LogP contribution is -2.22. The first kappa shape index (κ1) is 14.5. The average Bonchev–Trinajstić information content (AvgIpc) is 2.39. The number of aromatic nitrogens is 1. The van der Waals surface area contributed by atoms with Gasteiger partial charge in [0.1, 0.15) is 17.5 Å². The molecule has 0 bridgehead atoms. The van der Waals surface area contributed by atoms with Crippen LogP contribution in [-0.2, 0) is 0 Å². The maximum absolute atomic E-state index is 13.7. The monoisotopic (exact) mass is 282 g/mol. The first-order valence-electron chi connectivity index (χ1n) is 5.98. The third-order valence-corrected chi connectivity index (χ3v) is 3.04. The van der Waals surface area contributed by atoms with Gasteiger partial charge in [0.25, 0.3) is 0 Å². The number of hydrogen-bond acceptors (Lipinski definition) is 3. The molecule has 1 aromatic carbocycles. The first-order chi connectivity index (χ1) is 9.54. The Hall–Kier alpha value is -1.92. The normalized spacial score (nSPS) is 14.1. The molecule has 2 unspecified atom stereocenters. The predicted molar refractivity (Wildman–Crippen MR) is 67.3 cm³/mol. The smallest absolute Gasteiger partial charge is 0.134 e. The van der Waals surface area contributed by atoms with Crippen LogP contribution in [0.5, 0.6) is 0 Å². The molecule has 0 saturated heterocycles. The summed E-state index contributed by atoms with van der Waals surface area (Å²) in [5.41, 5.74) is 5.36. The second-order valence-corrected chi connectivity index (χ2v) is 4.32. The van der Waals surface area contributed by atoms with Gasteiger partial charge in [-0.3, -0.25) is 4.98 Å². The van der Waals surface area contributed by atoms with E-state index in [1.165, 1.54) is 6.20 Å². The SMILES string of the molecule is NCC(c1ccccn1)C(O)c1c(F)cc(F)cc1F. The zero-order chi connectivity index (χ0) is 14.7. The molecule has 0 spiro atoms. The predicted octanol–water partition coefficient (Wildman–Crippen LogP) is 2.27. The van der Waals surface area contributed by atoms with Gasteiger partial charge in [-0.15, -0.1) is 0 Å². The number of aliphatic hydroxyl groups is 1. The summed E-state index contributed by atoms with van der Waals surface area (Å²) < 4.78 is 40.2. The number of pyridine rings is 1. The Kier molecular flexibility index (Phi) is 4.36. The van der Waals surface area contributed by atoms with Gasteiger partial charge in [-0.1, -0.05) is 6.07 Å². The van der Waals surface area contributed by atoms with E-state index < -0.39 is 35.0 Å². The number of aliphatic hydroxyl groups excluding tert-OH is 1. The standard InChI is InChI=1S/C14H13F3N2O/c15-8-5-10(16)13(11(17)6-8)14(20)9(7-18)12-3-1-2-4-19-12/h1-6,9,14,20H,7,18H2. The molecule has 0 aliphatic rings. The van der Waals surface area contributed by atoms with Crippen LogP contribution < -0.4 is 5.73 Å². The molecule has 0 aliphatic carbocycles. The highest BCUT2D eigenvalue weighted by Crippen LogP contribution is 2.32. The van der Waals surface area contributed by atoms with Crippen LogP contribution in [0, 0.1) is 17.5 Å². The van der Waals surface area contributed by atoms with Crippen LogP contribution >= 0.6 is 0 Å². The Balaban J connectivity index is 2.42. The van der Waals surface area contributed by atoms with Crippen molar-refractivity contribution in [1.82, 2.24) is 4.98 Å². The van der Waals surface area contributed by atoms with E-state index in [2.05, 4.69) is 4.98 Å². The van der Waals surface area contributed by atoms with Gasteiger partial charge in [0.15, 0.2) is 0 Å². The topological polar surface area (TPSA) is 59.1 Å². The fourth-order valence-corrected chi connectivity index (χ4v) is 2.04. The maximum atomic E-state index is 13.7. The third kappa shape index (κ3) is 2.81. The van der Waals surface area contributed by atoms with Crippen LogP contribution in [-0.4, -0.2) is 16.6 Å². The molecule has 0 saturated carbocycles. The van der Waals surface area contributed by atoms with Crippen LogP contribution in [0.4, 0.5) is 13.2 Å². The van der Waals surface area contributed by atoms with Gasteiger partial charge in [0, 0.05) is 36.5 Å². The number of hydrogen-bond donors (Lipinski definition) is 2. The average molecular weight is 282 g/mol. The van der Waals surface area contributed by atoms with Gasteiger partial charge in [0.2, 0.25) is 0 Å². The second-order valence-electron chi connectivity index (χ2n) is 4.32. The van der Waals surface area contributed by atoms with E-state index >= 15 is 0 Å². The van der Waals surface area contributed by atoms with E-state index in [9.17, 15) is 18.3 Å². The van der Waals surface area contributed by atoms with Crippen LogP contribution in [0.1, 0.15) is 23.3 Å². The van der Waals surface area contributed by atoms with E-state index in [1.807, 2.05) is 0 Å². The van der Waals surface area contributed by atoms with Gasteiger partial charge in [-0.05, 0) is 12.1 Å². The number of rotatable bonds is 4. The molecule has 20 heavy (non-hydrogen) atoms. The number of halogens is 3. The van der Waals surface area contributed by atoms with Crippen molar-refractivity contribution in [2.75, 3.05) is 6.54 Å². The fraction of sp³-hybridized carbons (Fsp3) is 0.214. The number of nitrogens with two attached hydrogens (primary N) is 1. The van der Waals surface area contributed by atoms with Crippen molar-refractivity contribution in [3.8, 4) is 0 Å². The summed E-state index contributed by atoms with van der Waals surface area (Å²) in [4.78, 5) is 4.01. The zero-order valence-electron chi connectivity index (χ0n) is 10.4. The quantitative estimate of drug-likeness (QED) is 0.904. The summed E-state index contributed by atoms with van der Waals surface area (Å²) in [5, 5.41) is 10.2. The van der Waals surface area contributed by atoms with Crippen molar-refractivity contribution in [2.45, 2.75) is 12.0 Å². The lowest BCUT2D eigenvalue weighted by atomic mass is 9.91. The number of benzene rings is 1. The Bertz CT molecular complexity index is 569. The summed E-state index contributed by atoms with van der Waals surface area (Å²) >= 11 is 0. The highest BCUT2D eigenvalue weighted by molar-refractivity contribution is 5.27. The summed E-state index contributed by atoms with van der Waals surface area (Å²) in [7, 11) is 0. The highest BCUT2D eigenvalue weighted by atomic mass is 19.1. The van der Waals surface area contributed by atoms with E-state index in [-0.39, 0.29) is 6.54 Å². The van der Waals surface area contributed by atoms with Crippen molar-refractivity contribution < 1.29 is 18.3 Å². The van der Waals surface area contributed by atoms with Crippen LogP contribution in [0.2, 0.25) is 0 Å². The van der Waals surface area contributed by atoms with E-state index in [4.69, 9.17) is 5.73 Å². The molecule has 0 aliphatic heterocycles. The molecule has 2 aromatic rings. The van der Waals surface area contributed by atoms with Gasteiger partial charge in [-0.25, -0.2) is 13.2 Å². The van der Waals surface area contributed by atoms with Gasteiger partial charge < -0.3 is 10.8 Å². The van der Waals surface area contributed by atoms with E-state index in [0.717, 1.165) is 0 Å². The Labute approximate surface area is 113 Å². The molecule has 0 fully saturated rings. The zero-order valence-corrected chi connectivity index (χ0v) is 10.4. The van der Waals surface area contributed by atoms with Gasteiger partial charge >= 0.3 is 0 Å². The minimum absolute atomic E-state index is 0.0611. The summed E-state index contributed by atoms with van der Waals surface area (Å²) in [5.74, 6) is -4.13. The Morgan fingerprint density at radius 3 is 2.30 bits per heavy atom. The minimum atomic E-state index is -1.55. The van der Waals surface area contributed by atoms with Crippen molar-refractivity contribution in [3.63, 3.8) is 0 Å². The van der Waals surface area contributed by atoms with Crippen molar-refractivity contribution in [3.05, 3.63) is 65.2 Å². The van der Waals surface area contributed by atoms with Gasteiger partial charge in [0.05, 0.1) is 11.7 Å². The Morgan fingerprint density at radius 2 is 1.80 bits per heavy atom. The Morgan fingerprint density at radius 1 is 1.15 bits per heavy atom. The molecular formula is C14H13F3N2O. The lowest BCUT2D eigenvalue weighted by molar-refractivity contribution is 0.136. The third-order valence-electron chi connectivity index (χ3n) is 3.04. The number of nitrogens with zero attached hydrogens (tertiary/aromatic N) is 1. The van der Waals surface area contributed by atoms with Crippen LogP contribution in [0.3, 0.4) is 0 Å². The molecule has 2 rings (SSSR count). The fourth-order valence-electron chi connectivity index (χ4n) is 2.04. The van der Waals surface area contributed by atoms with E-state index in [0.29, 0.717) is 17.8 Å². The molecule has 2 atom stereocenters. The summed E-state index contributed by atoms with van der Waals surface area (Å²) in [6.45, 7) is -0.0611. The van der Waals surface area contributed by atoms with Gasteiger partial charge in [-0.2, -0.15) is 0 Å². The van der Waals surface area contributed by atoms with Crippen molar-refractivity contribution in [1.29, 1.82) is 0 Å². The summed E-state index contributed by atoms with van der Waals surface area (Å²) in [6.07, 6.45) is -0.0576. The second kappa shape index (κ2) is 6.02. The lowest BCUT2D eigenvalue weighted by Gasteiger charge is -2.22. The molecule has 6 heteroatoms. The molecule has 0 radical (unpaired) electrons. The molecular weight excluding hydrogens is 269 g/mol. The molecule has 0 amide bonds. The molecule has 3 N–H and O–H groups in total. The molecule has 1 aromatic heterocycles. The molecule has 1 heterocycles. The van der Waals surface area contributed by atoms with Crippen molar-refractivity contribution in [2.24, 2.45) is 5.73 Å². The summed E-state index contributed by atoms with van der Waals surface area (Å²) in [6, 6.07) is 5.99. The van der Waals surface area contributed by atoms with Crippen molar-refractivity contribution >= 4 is 0 Å². The molecule has 3 nitrogen and oxygen atoms in total. The van der Waals surface area contributed by atoms with Crippen LogP contribution in [0.15, 0.2) is 36.5 Å². The molecule has 106 valence electrons. The maximum Gasteiger partial charge on any atom is 0.134 e. The highest BCUT2D eigenvalue weighted by Gasteiger charge is 2.28. The van der Waals surface area contributed by atoms with E-state index in [1.54, 1.807) is 18.2 Å². The van der Waals surface area contributed by atoms with Crippen LogP contribution in [0.25, 0.3) is 0 Å².